The van der Waals surface area contributed by atoms with E-state index < -0.39 is 18.7 Å². The molecule has 1 aliphatic heterocycles. The second-order valence-corrected chi connectivity index (χ2v) is 8.33. The zero-order chi connectivity index (χ0) is 21.8. The summed E-state index contributed by atoms with van der Waals surface area (Å²) in [5, 5.41) is 27.2. The number of phenolic OH excluding ortho intramolecular Hbond substituents is 1. The van der Waals surface area contributed by atoms with Crippen molar-refractivity contribution >= 4 is 34.9 Å². The van der Waals surface area contributed by atoms with Gasteiger partial charge >= 0.3 is 5.97 Å². The first-order chi connectivity index (χ1) is 14.3. The summed E-state index contributed by atoms with van der Waals surface area (Å²) in [6, 6.07) is 1.10. The Bertz CT molecular complexity index is 949. The number of aromatic hydroxyl groups is 1. The molecule has 0 fully saturated rings. The largest absolute Gasteiger partial charge is 0.507 e. The smallest absolute Gasteiger partial charge is 0.339 e. The number of hydrogen-bond donors (Lipinski definition) is 3. The number of cyclic esters (lactones) is 1. The maximum atomic E-state index is 12.9. The number of aliphatic hydroxyl groups excluding tert-OH is 1. The van der Waals surface area contributed by atoms with Crippen LogP contribution in [0.4, 0.5) is 0 Å². The standard InChI is InChI=1S/C19H23N3O6S2/c1-9-15(26-3)5-14(24)12-7-30-8-13(18-20-10(2)22-28-18)21-16(29)4-11(6-23)27-19(25)17(9)12/h5,11,13,23-24H,4,6-8H2,1-3H3,(H,21,29)/t11-,13-/m0/s1. The minimum absolute atomic E-state index is 0.0665. The van der Waals surface area contributed by atoms with Gasteiger partial charge in [-0.1, -0.05) is 17.4 Å². The van der Waals surface area contributed by atoms with Gasteiger partial charge in [-0.15, -0.1) is 0 Å². The lowest BCUT2D eigenvalue weighted by atomic mass is 10.0. The van der Waals surface area contributed by atoms with E-state index in [1.807, 2.05) is 0 Å². The fourth-order valence-electron chi connectivity index (χ4n) is 3.15. The Balaban J connectivity index is 2.00. The number of phenols is 1. The Morgan fingerprint density at radius 2 is 2.20 bits per heavy atom. The van der Waals surface area contributed by atoms with Gasteiger partial charge in [-0.25, -0.2) is 4.79 Å². The second kappa shape index (κ2) is 9.63. The van der Waals surface area contributed by atoms with Crippen molar-refractivity contribution in [1.82, 2.24) is 15.5 Å². The number of nitrogens with zero attached hydrogens (tertiary/aromatic N) is 2. The highest BCUT2D eigenvalue weighted by molar-refractivity contribution is 7.98. The molecule has 30 heavy (non-hydrogen) atoms. The normalized spacial score (nSPS) is 20.4. The van der Waals surface area contributed by atoms with E-state index in [-0.39, 0.29) is 23.8 Å². The highest BCUT2D eigenvalue weighted by Crippen LogP contribution is 2.36. The summed E-state index contributed by atoms with van der Waals surface area (Å²) >= 11 is 6.85. The zero-order valence-electron chi connectivity index (χ0n) is 16.8. The topological polar surface area (TPSA) is 127 Å². The molecular weight excluding hydrogens is 430 g/mol. The Hall–Kier alpha value is -2.37. The molecule has 2 heterocycles. The van der Waals surface area contributed by atoms with Crippen molar-refractivity contribution in [1.29, 1.82) is 0 Å². The predicted octanol–water partition coefficient (Wildman–Crippen LogP) is 2.21. The lowest BCUT2D eigenvalue weighted by Crippen LogP contribution is -2.34. The summed E-state index contributed by atoms with van der Waals surface area (Å²) < 4.78 is 16.1. The number of esters is 1. The molecule has 0 aliphatic carbocycles. The van der Waals surface area contributed by atoms with Crippen LogP contribution in [0.25, 0.3) is 0 Å². The van der Waals surface area contributed by atoms with Crippen molar-refractivity contribution in [3.05, 3.63) is 34.5 Å². The third-order valence-corrected chi connectivity index (χ3v) is 5.99. The number of fused-ring (bicyclic) bond motifs is 1. The number of hydrogen-bond acceptors (Lipinski definition) is 10. The number of thiocarbonyl (C=S) groups is 1. The number of nitrogens with one attached hydrogen (secondary N) is 1. The fourth-order valence-corrected chi connectivity index (χ4v) is 4.56. The monoisotopic (exact) mass is 453 g/mol. The maximum absolute atomic E-state index is 12.9. The first kappa shape index (κ1) is 22.3. The van der Waals surface area contributed by atoms with Crippen LogP contribution in [0, 0.1) is 13.8 Å². The van der Waals surface area contributed by atoms with Crippen LogP contribution in [-0.4, -0.2) is 56.9 Å². The van der Waals surface area contributed by atoms with Crippen molar-refractivity contribution < 1.29 is 29.0 Å². The van der Waals surface area contributed by atoms with Gasteiger partial charge in [0.25, 0.3) is 0 Å². The molecule has 0 saturated carbocycles. The molecule has 2 atom stereocenters. The highest BCUT2D eigenvalue weighted by atomic mass is 32.2. The Morgan fingerprint density at radius 3 is 2.83 bits per heavy atom. The van der Waals surface area contributed by atoms with E-state index >= 15 is 0 Å². The molecule has 162 valence electrons. The van der Waals surface area contributed by atoms with E-state index in [0.29, 0.717) is 45.1 Å². The molecular formula is C19H23N3O6S2. The second-order valence-electron chi connectivity index (χ2n) is 6.81. The minimum Gasteiger partial charge on any atom is -0.507 e. The van der Waals surface area contributed by atoms with Crippen molar-refractivity contribution in [3.63, 3.8) is 0 Å². The molecule has 2 aromatic rings. The van der Waals surface area contributed by atoms with Gasteiger partial charge in [0.05, 0.1) is 24.3 Å². The number of thioether (sulfide) groups is 1. The van der Waals surface area contributed by atoms with Crippen LogP contribution in [-0.2, 0) is 10.5 Å². The van der Waals surface area contributed by atoms with Crippen molar-refractivity contribution in [2.45, 2.75) is 38.2 Å². The Labute approximate surface area is 183 Å². The van der Waals surface area contributed by atoms with E-state index in [1.54, 1.807) is 13.8 Å². The number of carbonyl (C=O) groups excluding carboxylic acids is 1. The average Bonchev–Trinajstić information content (AvgIpc) is 3.14. The van der Waals surface area contributed by atoms with Gasteiger partial charge in [-0.2, -0.15) is 16.7 Å². The molecule has 0 unspecified atom stereocenters. The van der Waals surface area contributed by atoms with Gasteiger partial charge < -0.3 is 29.5 Å². The number of aryl methyl sites for hydroxylation is 1. The maximum Gasteiger partial charge on any atom is 0.339 e. The molecule has 1 aliphatic rings. The summed E-state index contributed by atoms with van der Waals surface area (Å²) in [7, 11) is 1.46. The van der Waals surface area contributed by atoms with Gasteiger partial charge in [0, 0.05) is 35.1 Å². The van der Waals surface area contributed by atoms with Gasteiger partial charge in [0.15, 0.2) is 5.82 Å². The molecule has 0 saturated heterocycles. The molecule has 9 nitrogen and oxygen atoms in total. The van der Waals surface area contributed by atoms with Crippen LogP contribution in [0.1, 0.15) is 45.7 Å². The number of carbonyl (C=O) groups is 1. The molecule has 11 heteroatoms. The van der Waals surface area contributed by atoms with E-state index in [0.717, 1.165) is 0 Å². The fraction of sp³-hybridized carbons (Fsp3) is 0.474. The summed E-state index contributed by atoms with van der Waals surface area (Å²) in [4.78, 5) is 17.6. The molecule has 1 aromatic heterocycles. The minimum atomic E-state index is -0.852. The molecule has 0 spiro atoms. The zero-order valence-corrected chi connectivity index (χ0v) is 18.4. The van der Waals surface area contributed by atoms with E-state index in [2.05, 4.69) is 15.5 Å². The van der Waals surface area contributed by atoms with Crippen LogP contribution in [0.2, 0.25) is 0 Å². The average molecular weight is 454 g/mol. The SMILES string of the molecule is COc1cc(O)c2c(c1C)C(=O)O[C@H](CO)CC(=S)N[C@H](c1nc(C)no1)CSC2. The molecule has 0 radical (unpaired) electrons. The van der Waals surface area contributed by atoms with E-state index in [9.17, 15) is 15.0 Å². The van der Waals surface area contributed by atoms with Gasteiger partial charge in [0.2, 0.25) is 5.89 Å². The molecule has 0 bridgehead atoms. The number of rotatable bonds is 3. The van der Waals surface area contributed by atoms with Crippen LogP contribution in [0.15, 0.2) is 10.6 Å². The molecule has 3 N–H and O–H groups in total. The van der Waals surface area contributed by atoms with Gasteiger partial charge in [-0.05, 0) is 13.8 Å². The van der Waals surface area contributed by atoms with E-state index in [1.165, 1.54) is 24.9 Å². The van der Waals surface area contributed by atoms with Crippen LogP contribution in [0.5, 0.6) is 11.5 Å². The number of methoxy groups -OCH3 is 1. The quantitative estimate of drug-likeness (QED) is 0.467. The Morgan fingerprint density at radius 1 is 1.43 bits per heavy atom. The first-order valence-electron chi connectivity index (χ1n) is 9.22. The molecule has 1 aromatic carbocycles. The lowest BCUT2D eigenvalue weighted by Gasteiger charge is -2.23. The molecule has 0 amide bonds. The van der Waals surface area contributed by atoms with Gasteiger partial charge in [0.1, 0.15) is 23.6 Å². The van der Waals surface area contributed by atoms with Crippen molar-refractivity contribution in [2.75, 3.05) is 19.5 Å². The first-order valence-corrected chi connectivity index (χ1v) is 10.8. The Kier molecular flexibility index (Phi) is 7.16. The molecule has 3 rings (SSSR count). The number of aliphatic hydroxyl groups is 1. The van der Waals surface area contributed by atoms with Crippen molar-refractivity contribution in [2.24, 2.45) is 0 Å². The summed E-state index contributed by atoms with van der Waals surface area (Å²) in [5.41, 5.74) is 1.21. The predicted molar refractivity (Wildman–Crippen MR) is 114 cm³/mol. The van der Waals surface area contributed by atoms with Crippen LogP contribution >= 0.6 is 24.0 Å². The lowest BCUT2D eigenvalue weighted by molar-refractivity contribution is 0.0159. The van der Waals surface area contributed by atoms with Crippen LogP contribution in [0.3, 0.4) is 0 Å². The van der Waals surface area contributed by atoms with Crippen molar-refractivity contribution in [3.8, 4) is 11.5 Å². The van der Waals surface area contributed by atoms with Crippen LogP contribution < -0.4 is 10.1 Å². The number of benzene rings is 1. The summed E-state index contributed by atoms with van der Waals surface area (Å²) in [5.74, 6) is 1.35. The summed E-state index contributed by atoms with van der Waals surface area (Å²) in [6.45, 7) is 3.04. The van der Waals surface area contributed by atoms with Gasteiger partial charge in [-0.3, -0.25) is 0 Å². The third kappa shape index (κ3) is 4.85. The summed E-state index contributed by atoms with van der Waals surface area (Å²) in [6.07, 6.45) is -0.730. The van der Waals surface area contributed by atoms with E-state index in [4.69, 9.17) is 26.2 Å². The highest BCUT2D eigenvalue weighted by Gasteiger charge is 2.28. The third-order valence-electron chi connectivity index (χ3n) is 4.65. The number of aromatic nitrogens is 2. The number of ether oxygens (including phenoxy) is 2.